The van der Waals surface area contributed by atoms with Gasteiger partial charge in [-0.3, -0.25) is 14.5 Å². The number of H-pyrrole nitrogens is 1. The molecule has 1 N–H and O–H groups in total. The van der Waals surface area contributed by atoms with E-state index in [4.69, 9.17) is 4.98 Å². The van der Waals surface area contributed by atoms with Gasteiger partial charge < -0.3 is 9.88 Å². The van der Waals surface area contributed by atoms with E-state index in [1.165, 1.54) is 4.90 Å². The number of nitrogens with zero attached hydrogens (tertiary/aromatic N) is 3. The molecule has 6 heteroatoms. The van der Waals surface area contributed by atoms with Crippen LogP contribution in [0.3, 0.4) is 0 Å². The third-order valence-electron chi connectivity index (χ3n) is 5.38. The predicted molar refractivity (Wildman–Crippen MR) is 113 cm³/mol. The zero-order chi connectivity index (χ0) is 20.1. The Kier molecular flexibility index (Phi) is 3.96. The Morgan fingerprint density at radius 2 is 1.66 bits per heavy atom. The van der Waals surface area contributed by atoms with E-state index in [0.717, 1.165) is 27.4 Å². The number of pyridine rings is 1. The van der Waals surface area contributed by atoms with Gasteiger partial charge in [0.05, 0.1) is 16.8 Å². The van der Waals surface area contributed by atoms with Gasteiger partial charge in [-0.15, -0.1) is 0 Å². The number of para-hydroxylation sites is 1. The molecule has 1 aliphatic rings. The minimum absolute atomic E-state index is 0.241. The summed E-state index contributed by atoms with van der Waals surface area (Å²) in [7, 11) is 3.84. The highest BCUT2D eigenvalue weighted by Crippen LogP contribution is 2.38. The number of likely N-dealkylation sites (N-methyl/N-ethyl adjacent to an activating group) is 1. The zero-order valence-corrected chi connectivity index (χ0v) is 16.3. The Morgan fingerprint density at radius 3 is 2.41 bits per heavy atom. The van der Waals surface area contributed by atoms with Gasteiger partial charge in [-0.2, -0.15) is 0 Å². The number of carbonyl (C=O) groups excluding carboxylic acids is 2. The van der Waals surface area contributed by atoms with Crippen LogP contribution in [-0.4, -0.2) is 58.8 Å². The molecule has 2 aromatic carbocycles. The van der Waals surface area contributed by atoms with Crippen LogP contribution in [0.2, 0.25) is 0 Å². The quantitative estimate of drug-likeness (QED) is 0.547. The monoisotopic (exact) mass is 384 g/mol. The smallest absolute Gasteiger partial charge is 0.280 e. The number of benzene rings is 2. The molecule has 0 aliphatic carbocycles. The van der Waals surface area contributed by atoms with Crippen molar-refractivity contribution in [2.24, 2.45) is 0 Å². The van der Waals surface area contributed by atoms with E-state index >= 15 is 0 Å². The average molecular weight is 384 g/mol. The van der Waals surface area contributed by atoms with Gasteiger partial charge in [0.2, 0.25) is 0 Å². The van der Waals surface area contributed by atoms with Crippen molar-refractivity contribution in [3.8, 4) is 11.3 Å². The van der Waals surface area contributed by atoms with Crippen LogP contribution in [0.1, 0.15) is 20.8 Å². The summed E-state index contributed by atoms with van der Waals surface area (Å²) >= 11 is 0. The summed E-state index contributed by atoms with van der Waals surface area (Å²) in [5.74, 6) is -0.593. The molecule has 5 rings (SSSR count). The lowest BCUT2D eigenvalue weighted by Crippen LogP contribution is -2.36. The average Bonchev–Trinajstić information content (AvgIpc) is 3.22. The van der Waals surface area contributed by atoms with Crippen molar-refractivity contribution in [2.45, 2.75) is 0 Å². The number of fused-ring (bicyclic) bond motifs is 5. The van der Waals surface area contributed by atoms with Crippen LogP contribution in [0.4, 0.5) is 0 Å². The lowest BCUT2D eigenvalue weighted by atomic mass is 10.0. The van der Waals surface area contributed by atoms with Crippen molar-refractivity contribution in [1.82, 2.24) is 19.8 Å². The molecule has 6 nitrogen and oxygen atoms in total. The number of amides is 2. The van der Waals surface area contributed by atoms with Gasteiger partial charge in [-0.05, 0) is 20.2 Å². The fraction of sp³-hybridized carbons (Fsp3) is 0.174. The van der Waals surface area contributed by atoms with Crippen molar-refractivity contribution in [2.75, 3.05) is 27.2 Å². The molecule has 0 saturated carbocycles. The molecule has 144 valence electrons. The summed E-state index contributed by atoms with van der Waals surface area (Å²) in [6, 6.07) is 17.6. The van der Waals surface area contributed by atoms with Crippen molar-refractivity contribution in [1.29, 1.82) is 0 Å². The van der Waals surface area contributed by atoms with Gasteiger partial charge in [0.1, 0.15) is 5.69 Å². The highest BCUT2D eigenvalue weighted by Gasteiger charge is 2.40. The van der Waals surface area contributed by atoms with Gasteiger partial charge in [-0.25, -0.2) is 4.98 Å². The lowest BCUT2D eigenvalue weighted by Gasteiger charge is -2.16. The number of rotatable bonds is 4. The molecule has 0 fully saturated rings. The molecule has 4 aromatic rings. The highest BCUT2D eigenvalue weighted by atomic mass is 16.2. The normalized spacial score (nSPS) is 13.8. The van der Waals surface area contributed by atoms with Crippen molar-refractivity contribution < 1.29 is 9.59 Å². The van der Waals surface area contributed by atoms with E-state index < -0.39 is 0 Å². The summed E-state index contributed by atoms with van der Waals surface area (Å²) in [5, 5.41) is 1.70. The first-order chi connectivity index (χ1) is 14.1. The molecular formula is C23H20N4O2. The van der Waals surface area contributed by atoms with Gasteiger partial charge >= 0.3 is 0 Å². The third kappa shape index (κ3) is 2.64. The molecule has 0 unspecified atom stereocenters. The number of carbonyl (C=O) groups is 2. The lowest BCUT2D eigenvalue weighted by molar-refractivity contribution is 0.0643. The molecular weight excluding hydrogens is 364 g/mol. The van der Waals surface area contributed by atoms with E-state index in [2.05, 4.69) is 4.98 Å². The number of imide groups is 1. The first-order valence-electron chi connectivity index (χ1n) is 9.57. The minimum Gasteiger partial charge on any atom is -0.353 e. The number of nitrogens with one attached hydrogen (secondary N) is 1. The molecule has 0 atom stereocenters. The van der Waals surface area contributed by atoms with Crippen LogP contribution in [0.15, 0.2) is 54.6 Å². The fourth-order valence-corrected chi connectivity index (χ4v) is 3.95. The van der Waals surface area contributed by atoms with Crippen LogP contribution in [0.5, 0.6) is 0 Å². The van der Waals surface area contributed by atoms with Gasteiger partial charge in [0, 0.05) is 34.9 Å². The van der Waals surface area contributed by atoms with Crippen LogP contribution in [0, 0.1) is 0 Å². The van der Waals surface area contributed by atoms with Crippen molar-refractivity contribution >= 4 is 33.6 Å². The van der Waals surface area contributed by atoms with Gasteiger partial charge in [-0.1, -0.05) is 48.5 Å². The summed E-state index contributed by atoms with van der Waals surface area (Å²) in [4.78, 5) is 37.8. The van der Waals surface area contributed by atoms with Crippen molar-refractivity contribution in [3.05, 3.63) is 65.9 Å². The Morgan fingerprint density at radius 1 is 0.931 bits per heavy atom. The third-order valence-corrected chi connectivity index (χ3v) is 5.38. The molecule has 0 bridgehead atoms. The molecule has 0 saturated heterocycles. The SMILES string of the molecule is CN(C)CCN1C(=O)c2nc(-c3ccccc3)c3[nH]c4ccccc4c3c2C1=O. The first kappa shape index (κ1) is 17.6. The summed E-state index contributed by atoms with van der Waals surface area (Å²) in [5.41, 5.74) is 3.93. The predicted octanol–water partition coefficient (Wildman–Crippen LogP) is 3.54. The van der Waals surface area contributed by atoms with Gasteiger partial charge in [0.15, 0.2) is 0 Å². The molecule has 2 aromatic heterocycles. The van der Waals surface area contributed by atoms with Crippen molar-refractivity contribution in [3.63, 3.8) is 0 Å². The Bertz CT molecular complexity index is 1270. The molecule has 0 spiro atoms. The second kappa shape index (κ2) is 6.53. The fourth-order valence-electron chi connectivity index (χ4n) is 3.95. The first-order valence-corrected chi connectivity index (χ1v) is 9.57. The van der Waals surface area contributed by atoms with Crippen LogP contribution >= 0.6 is 0 Å². The van der Waals surface area contributed by atoms with Crippen LogP contribution in [-0.2, 0) is 0 Å². The second-order valence-corrected chi connectivity index (χ2v) is 7.54. The van der Waals surface area contributed by atoms with E-state index in [1.54, 1.807) is 0 Å². The summed E-state index contributed by atoms with van der Waals surface area (Å²) in [6.45, 7) is 0.944. The van der Waals surface area contributed by atoms with E-state index in [9.17, 15) is 9.59 Å². The van der Waals surface area contributed by atoms with E-state index in [-0.39, 0.29) is 17.5 Å². The molecule has 29 heavy (non-hydrogen) atoms. The summed E-state index contributed by atoms with van der Waals surface area (Å²) in [6.07, 6.45) is 0. The maximum atomic E-state index is 13.3. The Hall–Kier alpha value is -3.51. The standard InChI is InChI=1S/C23H20N4O2/c1-26(2)12-13-27-22(28)18-17-15-10-6-7-11-16(15)24-20(17)19(25-21(18)23(27)29)14-8-4-3-5-9-14/h3-11,24H,12-13H2,1-2H3. The largest absolute Gasteiger partial charge is 0.353 e. The van der Waals surface area contributed by atoms with Crippen LogP contribution < -0.4 is 0 Å². The number of aromatic amines is 1. The Labute approximate surface area is 167 Å². The number of hydrogen-bond donors (Lipinski definition) is 1. The highest BCUT2D eigenvalue weighted by molar-refractivity contribution is 6.30. The topological polar surface area (TPSA) is 69.3 Å². The second-order valence-electron chi connectivity index (χ2n) is 7.54. The maximum absolute atomic E-state index is 13.3. The Balaban J connectivity index is 1.81. The molecule has 0 radical (unpaired) electrons. The van der Waals surface area contributed by atoms with Crippen LogP contribution in [0.25, 0.3) is 33.1 Å². The van der Waals surface area contributed by atoms with E-state index in [0.29, 0.717) is 24.3 Å². The van der Waals surface area contributed by atoms with Gasteiger partial charge in [0.25, 0.3) is 11.8 Å². The van der Waals surface area contributed by atoms with E-state index in [1.807, 2.05) is 73.6 Å². The minimum atomic E-state index is -0.323. The number of aromatic nitrogens is 2. The zero-order valence-electron chi connectivity index (χ0n) is 16.3. The molecule has 2 amide bonds. The summed E-state index contributed by atoms with van der Waals surface area (Å²) < 4.78 is 0. The molecule has 1 aliphatic heterocycles. The molecule has 3 heterocycles. The maximum Gasteiger partial charge on any atom is 0.280 e. The number of hydrogen-bond acceptors (Lipinski definition) is 4.